The quantitative estimate of drug-likeness (QED) is 0.443. The number of methoxy groups -OCH3 is 3. The number of anilines is 1. The molecule has 3 aromatic carbocycles. The highest BCUT2D eigenvalue weighted by Gasteiger charge is 2.18. The van der Waals surface area contributed by atoms with Gasteiger partial charge in [0.05, 0.1) is 26.4 Å². The topological polar surface area (TPSA) is 85.9 Å². The lowest BCUT2D eigenvalue weighted by Gasteiger charge is -2.14. The van der Waals surface area contributed by atoms with Crippen LogP contribution in [0.25, 0.3) is 6.08 Å². The number of nitrogens with one attached hydrogen (secondary N) is 2. The maximum absolute atomic E-state index is 13.5. The maximum atomic E-state index is 13.5. The summed E-state index contributed by atoms with van der Waals surface area (Å²) in [5, 5.41) is 5.08. The van der Waals surface area contributed by atoms with Crippen molar-refractivity contribution in [1.29, 1.82) is 0 Å². The fourth-order valence-electron chi connectivity index (χ4n) is 3.07. The number of rotatable bonds is 8. The highest BCUT2D eigenvalue weighted by Crippen LogP contribution is 2.38. The lowest BCUT2D eigenvalue weighted by atomic mass is 10.1. The van der Waals surface area contributed by atoms with E-state index in [0.717, 1.165) is 6.07 Å². The molecule has 0 heterocycles. The summed E-state index contributed by atoms with van der Waals surface area (Å²) in [5.74, 6) is -0.653. The van der Waals surface area contributed by atoms with Crippen molar-refractivity contribution in [2.75, 3.05) is 26.6 Å². The van der Waals surface area contributed by atoms with Crippen LogP contribution in [0.3, 0.4) is 0 Å². The van der Waals surface area contributed by atoms with Crippen molar-refractivity contribution >= 4 is 35.2 Å². The van der Waals surface area contributed by atoms with E-state index in [4.69, 9.17) is 25.8 Å². The predicted molar refractivity (Wildman–Crippen MR) is 128 cm³/mol. The number of carbonyl (C=O) groups excluding carboxylic acids is 2. The molecule has 0 unspecified atom stereocenters. The van der Waals surface area contributed by atoms with E-state index < -0.39 is 17.6 Å². The van der Waals surface area contributed by atoms with Gasteiger partial charge < -0.3 is 24.8 Å². The molecule has 0 saturated carbocycles. The smallest absolute Gasteiger partial charge is 0.272 e. The molecule has 3 aromatic rings. The molecule has 0 aromatic heterocycles. The van der Waals surface area contributed by atoms with E-state index >= 15 is 0 Å². The number of hydrogen-bond acceptors (Lipinski definition) is 5. The van der Waals surface area contributed by atoms with Crippen molar-refractivity contribution in [2.45, 2.75) is 0 Å². The third-order valence-electron chi connectivity index (χ3n) is 4.70. The molecule has 0 aliphatic carbocycles. The van der Waals surface area contributed by atoms with Gasteiger partial charge in [0.25, 0.3) is 11.8 Å². The Labute approximate surface area is 201 Å². The summed E-state index contributed by atoms with van der Waals surface area (Å²) < 4.78 is 29.5. The molecule has 0 saturated heterocycles. The highest BCUT2D eigenvalue weighted by molar-refractivity contribution is 6.31. The zero-order valence-corrected chi connectivity index (χ0v) is 19.4. The second-order valence-electron chi connectivity index (χ2n) is 6.92. The minimum atomic E-state index is -0.652. The van der Waals surface area contributed by atoms with E-state index in [1.807, 2.05) is 0 Å². The van der Waals surface area contributed by atoms with E-state index in [1.165, 1.54) is 39.5 Å². The van der Waals surface area contributed by atoms with Crippen molar-refractivity contribution in [3.05, 3.63) is 88.3 Å². The summed E-state index contributed by atoms with van der Waals surface area (Å²) in [6.45, 7) is 0. The summed E-state index contributed by atoms with van der Waals surface area (Å²) >= 11 is 5.82. The van der Waals surface area contributed by atoms with E-state index in [0.29, 0.717) is 28.4 Å². The van der Waals surface area contributed by atoms with E-state index in [2.05, 4.69) is 10.6 Å². The number of amides is 2. The molecular weight excluding hydrogens is 463 g/mol. The van der Waals surface area contributed by atoms with Gasteiger partial charge in [0, 0.05) is 11.3 Å². The first-order valence-electron chi connectivity index (χ1n) is 10.0. The van der Waals surface area contributed by atoms with Crippen LogP contribution >= 0.6 is 11.6 Å². The third kappa shape index (κ3) is 5.85. The molecule has 9 heteroatoms. The molecule has 0 radical (unpaired) electrons. The summed E-state index contributed by atoms with van der Waals surface area (Å²) in [6.07, 6.45) is 1.45. The van der Waals surface area contributed by atoms with Gasteiger partial charge in [-0.25, -0.2) is 4.39 Å². The second-order valence-corrected chi connectivity index (χ2v) is 7.33. The number of halogens is 2. The molecule has 7 nitrogen and oxygen atoms in total. The average molecular weight is 485 g/mol. The van der Waals surface area contributed by atoms with E-state index in [9.17, 15) is 14.0 Å². The lowest BCUT2D eigenvalue weighted by Crippen LogP contribution is -2.30. The Morgan fingerprint density at radius 3 is 2.12 bits per heavy atom. The van der Waals surface area contributed by atoms with Gasteiger partial charge in [-0.2, -0.15) is 0 Å². The zero-order chi connectivity index (χ0) is 24.7. The molecule has 176 valence electrons. The van der Waals surface area contributed by atoms with Gasteiger partial charge in [0.1, 0.15) is 11.5 Å². The Balaban J connectivity index is 2.01. The average Bonchev–Trinajstić information content (AvgIpc) is 2.85. The standard InChI is InChI=1S/C25H22ClFN2O5/c1-32-21-12-15(13-22(33-2)23(21)34-3)11-20(29-24(30)16-7-5-4-6-8-16)25(31)28-17-9-10-19(27)18(26)14-17/h4-14H,1-3H3,(H,28,31)(H,29,30). The van der Waals surface area contributed by atoms with E-state index in [-0.39, 0.29) is 16.4 Å². The van der Waals surface area contributed by atoms with Crippen LogP contribution in [0.1, 0.15) is 15.9 Å². The molecule has 0 bridgehead atoms. The van der Waals surface area contributed by atoms with Crippen molar-refractivity contribution < 1.29 is 28.2 Å². The Morgan fingerprint density at radius 1 is 0.912 bits per heavy atom. The van der Waals surface area contributed by atoms with Crippen molar-refractivity contribution in [3.8, 4) is 17.2 Å². The first-order valence-corrected chi connectivity index (χ1v) is 10.4. The van der Waals surface area contributed by atoms with Crippen LogP contribution in [-0.2, 0) is 4.79 Å². The monoisotopic (exact) mass is 484 g/mol. The molecule has 0 aliphatic heterocycles. The van der Waals surface area contributed by atoms with Gasteiger partial charge in [0.2, 0.25) is 5.75 Å². The zero-order valence-electron chi connectivity index (χ0n) is 18.6. The minimum absolute atomic E-state index is 0.0800. The number of carbonyl (C=O) groups is 2. The molecule has 0 aliphatic rings. The first kappa shape index (κ1) is 24.6. The normalized spacial score (nSPS) is 10.9. The van der Waals surface area contributed by atoms with E-state index in [1.54, 1.807) is 42.5 Å². The number of hydrogen-bond donors (Lipinski definition) is 2. The van der Waals surface area contributed by atoms with Crippen LogP contribution in [0, 0.1) is 5.82 Å². The summed E-state index contributed by atoms with van der Waals surface area (Å²) in [5.41, 5.74) is 1.02. The number of ether oxygens (including phenoxy) is 3. The van der Waals surface area contributed by atoms with Gasteiger partial charge in [-0.15, -0.1) is 0 Å². The molecule has 0 fully saturated rings. The van der Waals surface area contributed by atoms with Gasteiger partial charge in [-0.3, -0.25) is 9.59 Å². The summed E-state index contributed by atoms with van der Waals surface area (Å²) in [4.78, 5) is 25.9. The van der Waals surface area contributed by atoms with Crippen LogP contribution in [0.4, 0.5) is 10.1 Å². The summed E-state index contributed by atoms with van der Waals surface area (Å²) in [6, 6.07) is 15.4. The molecule has 0 atom stereocenters. The number of benzene rings is 3. The lowest BCUT2D eigenvalue weighted by molar-refractivity contribution is -0.113. The van der Waals surface area contributed by atoms with Crippen LogP contribution in [-0.4, -0.2) is 33.1 Å². The predicted octanol–water partition coefficient (Wildman–Crippen LogP) is 4.91. The van der Waals surface area contributed by atoms with Crippen molar-refractivity contribution in [3.63, 3.8) is 0 Å². The fourth-order valence-corrected chi connectivity index (χ4v) is 3.25. The molecule has 2 N–H and O–H groups in total. The third-order valence-corrected chi connectivity index (χ3v) is 4.99. The molecule has 2 amide bonds. The minimum Gasteiger partial charge on any atom is -0.493 e. The van der Waals surface area contributed by atoms with Gasteiger partial charge in [0.15, 0.2) is 11.5 Å². The largest absolute Gasteiger partial charge is 0.493 e. The van der Waals surface area contributed by atoms with Crippen molar-refractivity contribution in [1.82, 2.24) is 5.32 Å². The molecule has 3 rings (SSSR count). The molecule has 34 heavy (non-hydrogen) atoms. The Hall–Kier alpha value is -4.04. The molecular formula is C25H22ClFN2O5. The maximum Gasteiger partial charge on any atom is 0.272 e. The van der Waals surface area contributed by atoms with Gasteiger partial charge in [-0.05, 0) is 54.1 Å². The Kier molecular flexibility index (Phi) is 8.10. The van der Waals surface area contributed by atoms with Gasteiger partial charge in [-0.1, -0.05) is 29.8 Å². The van der Waals surface area contributed by atoms with Crippen LogP contribution in [0.15, 0.2) is 66.4 Å². The highest BCUT2D eigenvalue weighted by atomic mass is 35.5. The Morgan fingerprint density at radius 2 is 1.56 bits per heavy atom. The van der Waals surface area contributed by atoms with Crippen LogP contribution in [0.5, 0.6) is 17.2 Å². The Bertz CT molecular complexity index is 1210. The van der Waals surface area contributed by atoms with Gasteiger partial charge >= 0.3 is 0 Å². The van der Waals surface area contributed by atoms with Crippen LogP contribution < -0.4 is 24.8 Å². The second kappa shape index (κ2) is 11.2. The molecule has 0 spiro atoms. The fraction of sp³-hybridized carbons (Fsp3) is 0.120. The first-order chi connectivity index (χ1) is 16.4. The van der Waals surface area contributed by atoms with Crippen molar-refractivity contribution in [2.24, 2.45) is 0 Å². The van der Waals surface area contributed by atoms with Crippen LogP contribution in [0.2, 0.25) is 5.02 Å². The summed E-state index contributed by atoms with van der Waals surface area (Å²) in [7, 11) is 4.41. The SMILES string of the molecule is COc1cc(C=C(NC(=O)c2ccccc2)C(=O)Nc2ccc(F)c(Cl)c2)cc(OC)c1OC.